The van der Waals surface area contributed by atoms with Crippen LogP contribution in [-0.2, 0) is 23.7 Å². The van der Waals surface area contributed by atoms with Gasteiger partial charge in [-0.25, -0.2) is 0 Å². The molecule has 0 spiro atoms. The minimum absolute atomic E-state index is 0.246. The number of aliphatic hydroxyl groups is 8. The fraction of sp³-hybridized carbons (Fsp3) is 0.866. The van der Waals surface area contributed by atoms with Gasteiger partial charge in [0, 0.05) is 6.42 Å². The van der Waals surface area contributed by atoms with Gasteiger partial charge in [0.15, 0.2) is 12.6 Å². The molecule has 2 saturated heterocycles. The number of hydrogen-bond donors (Lipinski definition) is 9. The molecule has 9 N–H and O–H groups in total. The Morgan fingerprint density at radius 3 is 1.28 bits per heavy atom. The molecule has 1 amide bonds. The lowest BCUT2D eigenvalue weighted by molar-refractivity contribution is -0.359. The van der Waals surface area contributed by atoms with Crippen molar-refractivity contribution in [1.82, 2.24) is 5.32 Å². The van der Waals surface area contributed by atoms with Gasteiger partial charge < -0.3 is 65.1 Å². The van der Waals surface area contributed by atoms with Gasteiger partial charge in [0.05, 0.1) is 32.0 Å². The lowest BCUT2D eigenvalue weighted by Crippen LogP contribution is -2.65. The Morgan fingerprint density at radius 2 is 0.827 bits per heavy atom. The number of carbonyl (C=O) groups excluding carboxylic acids is 1. The first kappa shape index (κ1) is 75.0. The van der Waals surface area contributed by atoms with Gasteiger partial charge in [-0.2, -0.15) is 0 Å². The first-order chi connectivity index (χ1) is 39.6. The van der Waals surface area contributed by atoms with Gasteiger partial charge in [0.25, 0.3) is 0 Å². The molecule has 0 aromatic carbocycles. The summed E-state index contributed by atoms with van der Waals surface area (Å²) in [5.74, 6) is -0.246. The molecule has 81 heavy (non-hydrogen) atoms. The van der Waals surface area contributed by atoms with Crippen molar-refractivity contribution < 1.29 is 64.6 Å². The molecule has 0 radical (unpaired) electrons. The zero-order chi connectivity index (χ0) is 58.8. The first-order valence-corrected chi connectivity index (χ1v) is 33.4. The fourth-order valence-corrected chi connectivity index (χ4v) is 10.9. The highest BCUT2D eigenvalue weighted by Gasteiger charge is 2.51. The number of allylic oxidation sites excluding steroid dienone is 7. The van der Waals surface area contributed by atoms with Gasteiger partial charge in [-0.1, -0.05) is 255 Å². The number of aliphatic hydroxyl groups excluding tert-OH is 8. The molecule has 2 heterocycles. The van der Waals surface area contributed by atoms with Crippen LogP contribution in [0.3, 0.4) is 0 Å². The summed E-state index contributed by atoms with van der Waals surface area (Å²) in [7, 11) is 0. The van der Waals surface area contributed by atoms with Gasteiger partial charge in [-0.3, -0.25) is 4.79 Å². The normalized spacial score (nSPS) is 24.4. The second kappa shape index (κ2) is 52.3. The standard InChI is InChI=1S/C67H123NO13/c1-3-5-7-9-11-13-15-17-19-20-21-22-23-24-25-26-27-28-29-30-31-32-33-34-35-36-37-39-41-43-45-47-49-51-59(72)68-55(56(71)50-48-46-44-42-40-38-18-16-14-12-10-8-6-4-2)54-78-66-64(77)62(75)65(58(53-70)80-66)81-67-63(76)61(74)60(73)57(52-69)79-67/h15,17,20-21,40,42,48,50,55-58,60-67,69-71,73-77H,3-14,16,18-19,22-39,41,43-47,49,51-54H2,1-2H3,(H,68,72)/b17-15-,21-20-,42-40+,50-48+. The third-order valence-corrected chi connectivity index (χ3v) is 16.2. The van der Waals surface area contributed by atoms with E-state index < -0.39 is 86.8 Å². The second-order valence-corrected chi connectivity index (χ2v) is 23.6. The van der Waals surface area contributed by atoms with Crippen LogP contribution in [0.1, 0.15) is 277 Å². The summed E-state index contributed by atoms with van der Waals surface area (Å²) in [5, 5.41) is 87.1. The monoisotopic (exact) mass is 1150 g/mol. The predicted octanol–water partition coefficient (Wildman–Crippen LogP) is 12.7. The Kier molecular flexibility index (Phi) is 48.5. The summed E-state index contributed by atoms with van der Waals surface area (Å²) in [6.45, 7) is 2.78. The molecule has 2 aliphatic rings. The molecule has 14 nitrogen and oxygen atoms in total. The molecule has 12 atom stereocenters. The fourth-order valence-electron chi connectivity index (χ4n) is 10.9. The number of amides is 1. The molecule has 0 aliphatic carbocycles. The molecule has 0 aromatic rings. The lowest BCUT2D eigenvalue weighted by Gasteiger charge is -2.46. The van der Waals surface area contributed by atoms with Gasteiger partial charge in [0.1, 0.15) is 48.8 Å². The summed E-state index contributed by atoms with van der Waals surface area (Å²) < 4.78 is 22.8. The molecule has 0 saturated carbocycles. The van der Waals surface area contributed by atoms with E-state index in [1.807, 2.05) is 6.08 Å². The summed E-state index contributed by atoms with van der Waals surface area (Å²) in [6, 6.07) is -0.930. The van der Waals surface area contributed by atoms with Gasteiger partial charge in [-0.05, 0) is 64.2 Å². The van der Waals surface area contributed by atoms with E-state index in [0.717, 1.165) is 38.5 Å². The molecule has 2 aliphatic heterocycles. The molecule has 0 bridgehead atoms. The number of carbonyl (C=O) groups is 1. The largest absolute Gasteiger partial charge is 0.394 e. The van der Waals surface area contributed by atoms with E-state index in [4.69, 9.17) is 18.9 Å². The van der Waals surface area contributed by atoms with Crippen LogP contribution in [0.25, 0.3) is 0 Å². The molecule has 2 rings (SSSR count). The Hall–Kier alpha value is -2.05. The highest BCUT2D eigenvalue weighted by Crippen LogP contribution is 2.30. The number of unbranched alkanes of at least 4 members (excludes halogenated alkanes) is 35. The smallest absolute Gasteiger partial charge is 0.220 e. The van der Waals surface area contributed by atoms with E-state index in [9.17, 15) is 45.6 Å². The maximum atomic E-state index is 13.3. The van der Waals surface area contributed by atoms with Crippen molar-refractivity contribution in [3.8, 4) is 0 Å². The molecule has 474 valence electrons. The number of nitrogens with one attached hydrogen (secondary N) is 1. The molecule has 14 heteroatoms. The third-order valence-electron chi connectivity index (χ3n) is 16.2. The topological polar surface area (TPSA) is 228 Å². The maximum Gasteiger partial charge on any atom is 0.220 e. The second-order valence-electron chi connectivity index (χ2n) is 23.6. The Morgan fingerprint density at radius 1 is 0.444 bits per heavy atom. The zero-order valence-electron chi connectivity index (χ0n) is 51.3. The van der Waals surface area contributed by atoms with Crippen LogP contribution in [0.4, 0.5) is 0 Å². The van der Waals surface area contributed by atoms with Crippen molar-refractivity contribution in [3.63, 3.8) is 0 Å². The van der Waals surface area contributed by atoms with E-state index in [0.29, 0.717) is 12.8 Å². The van der Waals surface area contributed by atoms with Crippen molar-refractivity contribution in [2.45, 2.75) is 351 Å². The van der Waals surface area contributed by atoms with Crippen molar-refractivity contribution in [2.24, 2.45) is 0 Å². The number of ether oxygens (including phenoxy) is 4. The van der Waals surface area contributed by atoms with Crippen molar-refractivity contribution in [1.29, 1.82) is 0 Å². The molecule has 0 aromatic heterocycles. The van der Waals surface area contributed by atoms with Crippen LogP contribution in [0.2, 0.25) is 0 Å². The summed E-state index contributed by atoms with van der Waals surface area (Å²) in [5.41, 5.74) is 0. The van der Waals surface area contributed by atoms with Crippen molar-refractivity contribution in [2.75, 3.05) is 19.8 Å². The van der Waals surface area contributed by atoms with Crippen LogP contribution in [-0.4, -0.2) is 140 Å². The van der Waals surface area contributed by atoms with Crippen LogP contribution in [0.5, 0.6) is 0 Å². The average Bonchev–Trinajstić information content (AvgIpc) is 3.47. The Labute approximate surface area is 493 Å². The van der Waals surface area contributed by atoms with E-state index in [1.54, 1.807) is 6.08 Å². The van der Waals surface area contributed by atoms with Crippen LogP contribution >= 0.6 is 0 Å². The molecular formula is C67H123NO13. The summed E-state index contributed by atoms with van der Waals surface area (Å²) in [4.78, 5) is 13.3. The summed E-state index contributed by atoms with van der Waals surface area (Å²) in [6.07, 6.45) is 50.4. The number of hydrogen-bond acceptors (Lipinski definition) is 13. The quantitative estimate of drug-likeness (QED) is 0.0204. The Bertz CT molecular complexity index is 1540. The Balaban J connectivity index is 1.63. The lowest BCUT2D eigenvalue weighted by atomic mass is 9.97. The van der Waals surface area contributed by atoms with Crippen LogP contribution < -0.4 is 5.32 Å². The maximum absolute atomic E-state index is 13.3. The third kappa shape index (κ3) is 37.2. The van der Waals surface area contributed by atoms with Crippen LogP contribution in [0.15, 0.2) is 48.6 Å². The van der Waals surface area contributed by atoms with E-state index >= 15 is 0 Å². The highest BCUT2D eigenvalue weighted by atomic mass is 16.7. The van der Waals surface area contributed by atoms with Crippen LogP contribution in [0, 0.1) is 0 Å². The highest BCUT2D eigenvalue weighted by molar-refractivity contribution is 5.76. The van der Waals surface area contributed by atoms with Gasteiger partial charge >= 0.3 is 0 Å². The van der Waals surface area contributed by atoms with E-state index in [1.165, 1.54) is 205 Å². The average molecular weight is 1150 g/mol. The minimum atomic E-state index is -1.79. The molecule has 12 unspecified atom stereocenters. The summed E-state index contributed by atoms with van der Waals surface area (Å²) >= 11 is 0. The van der Waals surface area contributed by atoms with E-state index in [2.05, 4.69) is 55.6 Å². The van der Waals surface area contributed by atoms with Gasteiger partial charge in [-0.15, -0.1) is 0 Å². The SMILES string of the molecule is CCCCCCC/C=C\C/C=C\CCCCCCCCCCCCCCCCCCCCCCCC(=O)NC(COC1OC(CO)C(OC2OC(CO)C(O)C(O)C2O)C(O)C1O)C(O)/C=C/CC/C=C/CCCCCCCCCC. The van der Waals surface area contributed by atoms with Crippen molar-refractivity contribution in [3.05, 3.63) is 48.6 Å². The molecular weight excluding hydrogens is 1030 g/mol. The van der Waals surface area contributed by atoms with Gasteiger partial charge in [0.2, 0.25) is 5.91 Å². The first-order valence-electron chi connectivity index (χ1n) is 33.4. The van der Waals surface area contributed by atoms with E-state index in [-0.39, 0.29) is 18.9 Å². The van der Waals surface area contributed by atoms with Crippen molar-refractivity contribution >= 4 is 5.91 Å². The number of rotatable bonds is 54. The minimum Gasteiger partial charge on any atom is -0.394 e. The zero-order valence-corrected chi connectivity index (χ0v) is 51.3. The predicted molar refractivity (Wildman–Crippen MR) is 327 cm³/mol. The molecule has 2 fully saturated rings.